The van der Waals surface area contributed by atoms with E-state index >= 15 is 0 Å². The average Bonchev–Trinajstić information content (AvgIpc) is 3.23. The number of nitriles is 1. The fraction of sp³-hybridized carbons (Fsp3) is 0.529. The molecule has 2 fully saturated rings. The molecule has 0 aliphatic carbocycles. The molecule has 6 heteroatoms. The third kappa shape index (κ3) is 3.84. The summed E-state index contributed by atoms with van der Waals surface area (Å²) in [7, 11) is 0. The van der Waals surface area contributed by atoms with Crippen LogP contribution in [0.5, 0.6) is 0 Å². The van der Waals surface area contributed by atoms with E-state index in [0.717, 1.165) is 37.4 Å². The second-order valence-electron chi connectivity index (χ2n) is 6.22. The summed E-state index contributed by atoms with van der Waals surface area (Å²) in [4.78, 5) is 14.3. The van der Waals surface area contributed by atoms with Crippen LogP contribution in [0.25, 0.3) is 0 Å². The Kier molecular flexibility index (Phi) is 5.16. The van der Waals surface area contributed by atoms with Crippen LogP contribution in [0.1, 0.15) is 24.8 Å². The van der Waals surface area contributed by atoms with Crippen LogP contribution in [0.3, 0.4) is 0 Å². The van der Waals surface area contributed by atoms with Crippen LogP contribution in [0, 0.1) is 11.3 Å². The Morgan fingerprint density at radius 3 is 2.96 bits per heavy atom. The molecule has 2 N–H and O–H groups in total. The first-order valence-electron chi connectivity index (χ1n) is 8.08. The number of carbonyl (C=O) groups excluding carboxylic acids is 1. The lowest BCUT2D eigenvalue weighted by Crippen LogP contribution is -2.45. The van der Waals surface area contributed by atoms with E-state index in [1.165, 1.54) is 5.56 Å². The van der Waals surface area contributed by atoms with Gasteiger partial charge in [0.05, 0.1) is 12.1 Å². The van der Waals surface area contributed by atoms with Crippen molar-refractivity contribution in [3.63, 3.8) is 0 Å². The van der Waals surface area contributed by atoms with Gasteiger partial charge in [-0.2, -0.15) is 5.26 Å². The summed E-state index contributed by atoms with van der Waals surface area (Å²) >= 11 is 5.88. The van der Waals surface area contributed by atoms with E-state index in [9.17, 15) is 4.79 Å². The van der Waals surface area contributed by atoms with Crippen LogP contribution in [-0.2, 0) is 11.3 Å². The normalized spacial score (nSPS) is 27.1. The SMILES string of the molecule is N#CC1CCCN1C(=O)[C@@H]1C[C@H](NCc2ccc(Cl)cc2)CN1. The second-order valence-corrected chi connectivity index (χ2v) is 6.66. The van der Waals surface area contributed by atoms with Crippen molar-refractivity contribution in [2.45, 2.75) is 43.9 Å². The predicted molar refractivity (Wildman–Crippen MR) is 88.8 cm³/mol. The minimum Gasteiger partial charge on any atom is -0.325 e. The first-order chi connectivity index (χ1) is 11.2. The highest BCUT2D eigenvalue weighted by molar-refractivity contribution is 6.30. The van der Waals surface area contributed by atoms with E-state index in [0.29, 0.717) is 6.54 Å². The Balaban J connectivity index is 1.49. The number of hydrogen-bond donors (Lipinski definition) is 2. The van der Waals surface area contributed by atoms with Gasteiger partial charge < -0.3 is 15.5 Å². The Morgan fingerprint density at radius 2 is 2.22 bits per heavy atom. The molecule has 1 amide bonds. The van der Waals surface area contributed by atoms with Crippen molar-refractivity contribution in [1.82, 2.24) is 15.5 Å². The third-order valence-corrected chi connectivity index (χ3v) is 4.87. The molecule has 5 nitrogen and oxygen atoms in total. The highest BCUT2D eigenvalue weighted by atomic mass is 35.5. The molecule has 3 rings (SSSR count). The zero-order valence-corrected chi connectivity index (χ0v) is 13.7. The van der Waals surface area contributed by atoms with E-state index in [1.54, 1.807) is 4.90 Å². The summed E-state index contributed by atoms with van der Waals surface area (Å²) in [6.45, 7) is 2.24. The van der Waals surface area contributed by atoms with Gasteiger partial charge in [0.2, 0.25) is 5.91 Å². The maximum Gasteiger partial charge on any atom is 0.240 e. The topological polar surface area (TPSA) is 68.2 Å². The molecule has 0 saturated carbocycles. The molecule has 0 aromatic heterocycles. The number of benzene rings is 1. The standard InChI is InChI=1S/C17H21ClN4O/c18-13-5-3-12(4-6-13)10-20-14-8-16(21-11-14)17(23)22-7-1-2-15(22)9-19/h3-6,14-16,20-21H,1-2,7-8,10-11H2/t14-,15?,16-/m0/s1. The van der Waals surface area contributed by atoms with E-state index in [1.807, 2.05) is 24.3 Å². The monoisotopic (exact) mass is 332 g/mol. The molecule has 0 spiro atoms. The Labute approximate surface area is 141 Å². The van der Waals surface area contributed by atoms with Gasteiger partial charge in [-0.05, 0) is 37.0 Å². The maximum absolute atomic E-state index is 12.5. The van der Waals surface area contributed by atoms with Crippen molar-refractivity contribution in [2.24, 2.45) is 0 Å². The molecule has 122 valence electrons. The van der Waals surface area contributed by atoms with E-state index < -0.39 is 0 Å². The van der Waals surface area contributed by atoms with E-state index in [4.69, 9.17) is 16.9 Å². The lowest BCUT2D eigenvalue weighted by Gasteiger charge is -2.23. The van der Waals surface area contributed by atoms with Gasteiger partial charge in [-0.15, -0.1) is 0 Å². The molecule has 3 atom stereocenters. The molecule has 1 aromatic rings. The van der Waals surface area contributed by atoms with Gasteiger partial charge in [0, 0.05) is 30.7 Å². The van der Waals surface area contributed by atoms with Crippen molar-refractivity contribution in [2.75, 3.05) is 13.1 Å². The van der Waals surface area contributed by atoms with Crippen LogP contribution >= 0.6 is 11.6 Å². The van der Waals surface area contributed by atoms with Gasteiger partial charge in [-0.25, -0.2) is 0 Å². The van der Waals surface area contributed by atoms with Gasteiger partial charge in [0.1, 0.15) is 6.04 Å². The Hall–Kier alpha value is -1.61. The molecule has 1 unspecified atom stereocenters. The number of likely N-dealkylation sites (tertiary alicyclic amines) is 1. The summed E-state index contributed by atoms with van der Waals surface area (Å²) in [6, 6.07) is 9.85. The highest BCUT2D eigenvalue weighted by Gasteiger charge is 2.36. The zero-order chi connectivity index (χ0) is 16.2. The number of carbonyl (C=O) groups is 1. The van der Waals surface area contributed by atoms with E-state index in [2.05, 4.69) is 16.7 Å². The maximum atomic E-state index is 12.5. The zero-order valence-electron chi connectivity index (χ0n) is 13.0. The summed E-state index contributed by atoms with van der Waals surface area (Å²) < 4.78 is 0. The predicted octanol–water partition coefficient (Wildman–Crippen LogP) is 1.67. The largest absolute Gasteiger partial charge is 0.325 e. The van der Waals surface area contributed by atoms with Crippen molar-refractivity contribution < 1.29 is 4.79 Å². The van der Waals surface area contributed by atoms with Crippen LogP contribution in [-0.4, -0.2) is 42.0 Å². The van der Waals surface area contributed by atoms with Crippen molar-refractivity contribution in [3.05, 3.63) is 34.9 Å². The highest BCUT2D eigenvalue weighted by Crippen LogP contribution is 2.20. The number of nitrogens with zero attached hydrogens (tertiary/aromatic N) is 2. The van der Waals surface area contributed by atoms with Crippen LogP contribution in [0.15, 0.2) is 24.3 Å². The van der Waals surface area contributed by atoms with Gasteiger partial charge in [0.25, 0.3) is 0 Å². The number of rotatable bonds is 4. The Bertz CT molecular complexity index is 598. The molecular formula is C17H21ClN4O. The molecule has 23 heavy (non-hydrogen) atoms. The van der Waals surface area contributed by atoms with Crippen molar-refractivity contribution in [1.29, 1.82) is 5.26 Å². The summed E-state index contributed by atoms with van der Waals surface area (Å²) in [5.41, 5.74) is 1.17. The summed E-state index contributed by atoms with van der Waals surface area (Å²) in [6.07, 6.45) is 2.49. The quantitative estimate of drug-likeness (QED) is 0.880. The smallest absolute Gasteiger partial charge is 0.240 e. The number of nitrogens with one attached hydrogen (secondary N) is 2. The van der Waals surface area contributed by atoms with Crippen molar-refractivity contribution in [3.8, 4) is 6.07 Å². The van der Waals surface area contributed by atoms with Gasteiger partial charge in [-0.3, -0.25) is 4.79 Å². The van der Waals surface area contributed by atoms with Gasteiger partial charge >= 0.3 is 0 Å². The first kappa shape index (κ1) is 16.3. The number of halogens is 1. The van der Waals surface area contributed by atoms with Gasteiger partial charge in [-0.1, -0.05) is 23.7 Å². The molecule has 2 heterocycles. The fourth-order valence-electron chi connectivity index (χ4n) is 3.31. The lowest BCUT2D eigenvalue weighted by atomic mass is 10.1. The average molecular weight is 333 g/mol. The minimum atomic E-state index is -0.245. The molecule has 0 radical (unpaired) electrons. The first-order valence-corrected chi connectivity index (χ1v) is 8.46. The van der Waals surface area contributed by atoms with Crippen molar-refractivity contribution >= 4 is 17.5 Å². The van der Waals surface area contributed by atoms with Crippen LogP contribution < -0.4 is 10.6 Å². The molecule has 2 aliphatic heterocycles. The summed E-state index contributed by atoms with van der Waals surface area (Å²) in [5, 5.41) is 16.6. The molecule has 2 saturated heterocycles. The summed E-state index contributed by atoms with van der Waals surface area (Å²) in [5.74, 6) is 0.0739. The Morgan fingerprint density at radius 1 is 1.43 bits per heavy atom. The minimum absolute atomic E-state index is 0.0739. The molecule has 1 aromatic carbocycles. The van der Waals surface area contributed by atoms with Crippen LogP contribution in [0.4, 0.5) is 0 Å². The van der Waals surface area contributed by atoms with Gasteiger partial charge in [0.15, 0.2) is 0 Å². The van der Waals surface area contributed by atoms with E-state index in [-0.39, 0.29) is 24.0 Å². The fourth-order valence-corrected chi connectivity index (χ4v) is 3.43. The molecular weight excluding hydrogens is 312 g/mol. The molecule has 2 aliphatic rings. The lowest BCUT2D eigenvalue weighted by molar-refractivity contribution is -0.133. The number of amides is 1. The van der Waals surface area contributed by atoms with Crippen LogP contribution in [0.2, 0.25) is 5.02 Å². The number of hydrogen-bond acceptors (Lipinski definition) is 4. The third-order valence-electron chi connectivity index (χ3n) is 4.62. The second kappa shape index (κ2) is 7.31. The molecule has 0 bridgehead atoms.